The molecule has 0 saturated carbocycles. The third-order valence-electron chi connectivity index (χ3n) is 2.61. The fourth-order valence-electron chi connectivity index (χ4n) is 1.83. The van der Waals surface area contributed by atoms with Gasteiger partial charge in [-0.05, 0) is 12.8 Å². The molecule has 0 aromatic heterocycles. The Bertz CT molecular complexity index is 399. The van der Waals surface area contributed by atoms with Crippen molar-refractivity contribution >= 4 is 15.9 Å². The fourth-order valence-corrected chi connectivity index (χ4v) is 3.16. The molecule has 0 radical (unpaired) electrons. The molecular formula is C9H15N3O3S. The van der Waals surface area contributed by atoms with Crippen LogP contribution in [0.15, 0.2) is 0 Å². The van der Waals surface area contributed by atoms with E-state index in [1.807, 2.05) is 0 Å². The predicted molar refractivity (Wildman–Crippen MR) is 57.8 cm³/mol. The molecule has 1 saturated heterocycles. The number of rotatable bonds is 3. The number of sulfonamides is 1. The van der Waals surface area contributed by atoms with Crippen LogP contribution in [-0.2, 0) is 14.8 Å². The Labute approximate surface area is 95.3 Å². The lowest BCUT2D eigenvalue weighted by Crippen LogP contribution is -2.51. The van der Waals surface area contributed by atoms with Crippen molar-refractivity contribution < 1.29 is 13.2 Å². The maximum Gasteiger partial charge on any atom is 0.238 e. The Morgan fingerprint density at radius 1 is 1.56 bits per heavy atom. The Balaban J connectivity index is 2.91. The summed E-state index contributed by atoms with van der Waals surface area (Å²) in [6.07, 6.45) is 2.08. The van der Waals surface area contributed by atoms with Crippen molar-refractivity contribution in [2.24, 2.45) is 0 Å². The van der Waals surface area contributed by atoms with E-state index in [1.54, 1.807) is 6.07 Å². The zero-order valence-electron chi connectivity index (χ0n) is 9.14. The summed E-state index contributed by atoms with van der Waals surface area (Å²) in [5, 5.41) is 10.9. The average Bonchev–Trinajstić information content (AvgIpc) is 2.28. The van der Waals surface area contributed by atoms with Gasteiger partial charge in [-0.25, -0.2) is 8.42 Å². The number of likely N-dealkylation sites (N-methyl/N-ethyl adjacent to an activating group) is 1. The van der Waals surface area contributed by atoms with Gasteiger partial charge >= 0.3 is 0 Å². The first-order valence-corrected chi connectivity index (χ1v) is 6.72. The predicted octanol–water partition coefficient (Wildman–Crippen LogP) is -0.560. The lowest BCUT2D eigenvalue weighted by molar-refractivity contribution is -0.125. The molecule has 1 unspecified atom stereocenters. The minimum absolute atomic E-state index is 0.304. The number of amides is 1. The molecule has 1 heterocycles. The van der Waals surface area contributed by atoms with E-state index in [9.17, 15) is 13.2 Å². The van der Waals surface area contributed by atoms with Crippen LogP contribution in [0.25, 0.3) is 0 Å². The molecule has 0 aliphatic carbocycles. The summed E-state index contributed by atoms with van der Waals surface area (Å²) in [6, 6.07) is 0.966. The number of nitriles is 1. The van der Waals surface area contributed by atoms with E-state index in [2.05, 4.69) is 5.32 Å². The molecule has 1 N–H and O–H groups in total. The van der Waals surface area contributed by atoms with Gasteiger partial charge in [0, 0.05) is 13.6 Å². The van der Waals surface area contributed by atoms with Crippen molar-refractivity contribution in [2.75, 3.05) is 19.3 Å². The van der Waals surface area contributed by atoms with Gasteiger partial charge in [-0.3, -0.25) is 4.79 Å². The monoisotopic (exact) mass is 245 g/mol. The van der Waals surface area contributed by atoms with Gasteiger partial charge in [0.25, 0.3) is 0 Å². The van der Waals surface area contributed by atoms with E-state index >= 15 is 0 Å². The maximum absolute atomic E-state index is 11.7. The van der Waals surface area contributed by atoms with Crippen molar-refractivity contribution in [3.63, 3.8) is 0 Å². The molecular weight excluding hydrogens is 230 g/mol. The highest BCUT2D eigenvalue weighted by Gasteiger charge is 2.35. The van der Waals surface area contributed by atoms with E-state index < -0.39 is 21.8 Å². The summed E-state index contributed by atoms with van der Waals surface area (Å²) >= 11 is 0. The summed E-state index contributed by atoms with van der Waals surface area (Å²) in [4.78, 5) is 11.5. The number of nitrogens with one attached hydrogen (secondary N) is 1. The Morgan fingerprint density at radius 3 is 2.81 bits per heavy atom. The largest absolute Gasteiger partial charge is 0.358 e. The van der Waals surface area contributed by atoms with E-state index in [0.717, 1.165) is 17.1 Å². The van der Waals surface area contributed by atoms with E-state index in [1.165, 1.54) is 7.05 Å². The Morgan fingerprint density at radius 2 is 2.25 bits per heavy atom. The van der Waals surface area contributed by atoms with Crippen molar-refractivity contribution in [3.05, 3.63) is 0 Å². The molecule has 6 nitrogen and oxygen atoms in total. The molecule has 0 spiro atoms. The third kappa shape index (κ3) is 2.71. The lowest BCUT2D eigenvalue weighted by atomic mass is 10.0. The van der Waals surface area contributed by atoms with Gasteiger partial charge in [0.15, 0.2) is 5.75 Å². The molecule has 16 heavy (non-hydrogen) atoms. The number of piperidine rings is 1. The second-order valence-corrected chi connectivity index (χ2v) is 5.57. The number of carbonyl (C=O) groups is 1. The topological polar surface area (TPSA) is 90.3 Å². The second kappa shape index (κ2) is 5.27. The van der Waals surface area contributed by atoms with Crippen molar-refractivity contribution in [1.82, 2.24) is 9.62 Å². The van der Waals surface area contributed by atoms with Crippen LogP contribution >= 0.6 is 0 Å². The van der Waals surface area contributed by atoms with Crippen LogP contribution in [0, 0.1) is 11.3 Å². The first kappa shape index (κ1) is 12.9. The third-order valence-corrected chi connectivity index (χ3v) is 4.25. The minimum atomic E-state index is -3.63. The highest BCUT2D eigenvalue weighted by Crippen LogP contribution is 2.20. The van der Waals surface area contributed by atoms with Gasteiger partial charge < -0.3 is 5.32 Å². The molecule has 0 bridgehead atoms. The van der Waals surface area contributed by atoms with E-state index in [0.29, 0.717) is 13.0 Å². The number of hydrogen-bond donors (Lipinski definition) is 1. The SMILES string of the molecule is CNC(=O)C1CCCCN1S(=O)(=O)CC#N. The van der Waals surface area contributed by atoms with Crippen molar-refractivity contribution in [2.45, 2.75) is 25.3 Å². The smallest absolute Gasteiger partial charge is 0.238 e. The first-order chi connectivity index (χ1) is 7.53. The summed E-state index contributed by atoms with van der Waals surface area (Å²) < 4.78 is 24.6. The Hall–Kier alpha value is -1.13. The zero-order chi connectivity index (χ0) is 12.2. The molecule has 1 fully saturated rings. The Kier molecular flexibility index (Phi) is 4.26. The molecule has 1 rings (SSSR count). The molecule has 1 amide bonds. The normalized spacial score (nSPS) is 22.4. The van der Waals surface area contributed by atoms with Crippen LogP contribution in [0.3, 0.4) is 0 Å². The summed E-state index contributed by atoms with van der Waals surface area (Å²) in [5.41, 5.74) is 0. The highest BCUT2D eigenvalue weighted by molar-refractivity contribution is 7.89. The maximum atomic E-state index is 11.7. The van der Waals surface area contributed by atoms with Crippen molar-refractivity contribution in [3.8, 4) is 6.07 Å². The van der Waals surface area contributed by atoms with Gasteiger partial charge in [0.1, 0.15) is 6.04 Å². The van der Waals surface area contributed by atoms with Crippen molar-refractivity contribution in [1.29, 1.82) is 5.26 Å². The van der Waals surface area contributed by atoms with Crippen LogP contribution < -0.4 is 5.32 Å². The van der Waals surface area contributed by atoms with Gasteiger partial charge in [-0.15, -0.1) is 0 Å². The molecule has 1 atom stereocenters. The van der Waals surface area contributed by atoms with E-state index in [-0.39, 0.29) is 5.91 Å². The molecule has 0 aromatic carbocycles. The molecule has 1 aliphatic heterocycles. The fraction of sp³-hybridized carbons (Fsp3) is 0.778. The summed E-state index contributed by atoms with van der Waals surface area (Å²) in [7, 11) is -2.15. The van der Waals surface area contributed by atoms with E-state index in [4.69, 9.17) is 5.26 Å². The minimum Gasteiger partial charge on any atom is -0.358 e. The molecule has 7 heteroatoms. The standard InChI is InChI=1S/C9H15N3O3S/c1-11-9(13)8-4-2-3-6-12(8)16(14,15)7-5-10/h8H,2-4,6-7H2,1H3,(H,11,13). The van der Waals surface area contributed by atoms with Gasteiger partial charge in [0.05, 0.1) is 6.07 Å². The summed E-state index contributed by atoms with van der Waals surface area (Å²) in [5.74, 6) is -0.873. The highest BCUT2D eigenvalue weighted by atomic mass is 32.2. The average molecular weight is 245 g/mol. The number of carbonyl (C=O) groups excluding carboxylic acids is 1. The van der Waals surface area contributed by atoms with Crippen LogP contribution in [0.2, 0.25) is 0 Å². The quantitative estimate of drug-likeness (QED) is 0.721. The van der Waals surface area contributed by atoms with Gasteiger partial charge in [-0.1, -0.05) is 6.42 Å². The zero-order valence-corrected chi connectivity index (χ0v) is 9.96. The van der Waals surface area contributed by atoms with Gasteiger partial charge in [-0.2, -0.15) is 9.57 Å². The lowest BCUT2D eigenvalue weighted by Gasteiger charge is -2.32. The number of nitrogens with zero attached hydrogens (tertiary/aromatic N) is 2. The summed E-state index contributed by atoms with van der Waals surface area (Å²) in [6.45, 7) is 0.322. The first-order valence-electron chi connectivity index (χ1n) is 5.11. The van der Waals surface area contributed by atoms with Crippen LogP contribution in [0.1, 0.15) is 19.3 Å². The van der Waals surface area contributed by atoms with Crippen LogP contribution in [0.5, 0.6) is 0 Å². The van der Waals surface area contributed by atoms with Crippen LogP contribution in [-0.4, -0.2) is 44.0 Å². The van der Waals surface area contributed by atoms with Crippen LogP contribution in [0.4, 0.5) is 0 Å². The van der Waals surface area contributed by atoms with Gasteiger partial charge in [0.2, 0.25) is 15.9 Å². The molecule has 90 valence electrons. The molecule has 0 aromatic rings. The second-order valence-electron chi connectivity index (χ2n) is 3.65. The number of hydrogen-bond acceptors (Lipinski definition) is 4. The molecule has 1 aliphatic rings.